The van der Waals surface area contributed by atoms with E-state index in [1.807, 2.05) is 12.1 Å². The van der Waals surface area contributed by atoms with E-state index in [1.165, 1.54) is 18.4 Å². The molecule has 1 fully saturated rings. The van der Waals surface area contributed by atoms with Gasteiger partial charge in [-0.15, -0.1) is 0 Å². The summed E-state index contributed by atoms with van der Waals surface area (Å²) in [6.45, 7) is 2.20. The number of carbonyl (C=O) groups is 1. The molecule has 4 heteroatoms. The number of ether oxygens (including phenoxy) is 1. The molecule has 1 saturated carbocycles. The molecule has 0 amide bonds. The van der Waals surface area contributed by atoms with E-state index in [0.717, 1.165) is 10.0 Å². The predicted octanol–water partition coefficient (Wildman–Crippen LogP) is 3.28. The summed E-state index contributed by atoms with van der Waals surface area (Å²) in [6.07, 6.45) is 2.67. The van der Waals surface area contributed by atoms with Crippen LogP contribution in [-0.4, -0.2) is 12.6 Å². The molecular weight excluding hydrogens is 294 g/mol. The Morgan fingerprint density at radius 3 is 2.89 bits per heavy atom. The van der Waals surface area contributed by atoms with E-state index >= 15 is 0 Å². The highest BCUT2D eigenvalue weighted by Gasteiger charge is 2.29. The summed E-state index contributed by atoms with van der Waals surface area (Å²) < 4.78 is 5.95. The summed E-state index contributed by atoms with van der Waals surface area (Å²) in [5.74, 6) is 0.383. The molecule has 0 saturated heterocycles. The molecule has 1 atom stereocenters. The number of halogens is 1. The van der Waals surface area contributed by atoms with Gasteiger partial charge in [-0.3, -0.25) is 4.79 Å². The zero-order valence-electron chi connectivity index (χ0n) is 10.5. The van der Waals surface area contributed by atoms with Gasteiger partial charge in [0.2, 0.25) is 0 Å². The summed E-state index contributed by atoms with van der Waals surface area (Å²) in [5, 5.41) is 0. The topological polar surface area (TPSA) is 52.3 Å². The minimum atomic E-state index is -0.296. The maximum Gasteiger partial charge on any atom is 0.307 e. The van der Waals surface area contributed by atoms with Crippen LogP contribution in [0.2, 0.25) is 0 Å². The van der Waals surface area contributed by atoms with Crippen LogP contribution in [0.25, 0.3) is 0 Å². The normalized spacial score (nSPS) is 16.4. The second-order valence-corrected chi connectivity index (χ2v) is 5.49. The van der Waals surface area contributed by atoms with Crippen LogP contribution in [0.15, 0.2) is 22.7 Å². The molecule has 1 aromatic rings. The highest BCUT2D eigenvalue weighted by atomic mass is 79.9. The van der Waals surface area contributed by atoms with Crippen LogP contribution in [0, 0.1) is 0 Å². The SMILES string of the molecule is CCOC(=O)C[C@@H](N)c1c(Br)cccc1C1CC1. The molecule has 1 aromatic carbocycles. The largest absolute Gasteiger partial charge is 0.466 e. The lowest BCUT2D eigenvalue weighted by molar-refractivity contribution is -0.143. The number of hydrogen-bond donors (Lipinski definition) is 1. The third-order valence-corrected chi connectivity index (χ3v) is 3.86. The quantitative estimate of drug-likeness (QED) is 0.849. The Hall–Kier alpha value is -0.870. The lowest BCUT2D eigenvalue weighted by Gasteiger charge is -2.17. The first-order chi connectivity index (χ1) is 8.63. The van der Waals surface area contributed by atoms with Crippen LogP contribution >= 0.6 is 15.9 Å². The van der Waals surface area contributed by atoms with Crippen molar-refractivity contribution >= 4 is 21.9 Å². The van der Waals surface area contributed by atoms with E-state index in [1.54, 1.807) is 6.92 Å². The highest BCUT2D eigenvalue weighted by molar-refractivity contribution is 9.10. The van der Waals surface area contributed by atoms with Gasteiger partial charge in [0.25, 0.3) is 0 Å². The van der Waals surface area contributed by atoms with Crippen LogP contribution in [0.4, 0.5) is 0 Å². The second kappa shape index (κ2) is 5.85. The van der Waals surface area contributed by atoms with Crippen molar-refractivity contribution in [1.29, 1.82) is 0 Å². The number of nitrogens with two attached hydrogens (primary N) is 1. The summed E-state index contributed by atoms with van der Waals surface area (Å²) >= 11 is 3.54. The molecule has 0 spiro atoms. The lowest BCUT2D eigenvalue weighted by Crippen LogP contribution is -2.19. The van der Waals surface area contributed by atoms with E-state index in [-0.39, 0.29) is 18.4 Å². The molecule has 3 nitrogen and oxygen atoms in total. The van der Waals surface area contributed by atoms with Crippen molar-refractivity contribution in [3.8, 4) is 0 Å². The van der Waals surface area contributed by atoms with Crippen molar-refractivity contribution in [2.24, 2.45) is 5.73 Å². The molecular formula is C14H18BrNO2. The first kappa shape index (κ1) is 13.6. The van der Waals surface area contributed by atoms with Gasteiger partial charge < -0.3 is 10.5 Å². The fraction of sp³-hybridized carbons (Fsp3) is 0.500. The molecule has 1 aliphatic rings. The van der Waals surface area contributed by atoms with E-state index in [9.17, 15) is 4.79 Å². The Kier molecular flexibility index (Phi) is 4.40. The molecule has 2 rings (SSSR count). The third-order valence-electron chi connectivity index (χ3n) is 3.17. The van der Waals surface area contributed by atoms with E-state index in [2.05, 4.69) is 22.0 Å². The molecule has 0 aromatic heterocycles. The Balaban J connectivity index is 2.18. The molecule has 0 bridgehead atoms. The van der Waals surface area contributed by atoms with Gasteiger partial charge in [-0.2, -0.15) is 0 Å². The Morgan fingerprint density at radius 1 is 1.56 bits per heavy atom. The summed E-state index contributed by atoms with van der Waals surface area (Å²) in [7, 11) is 0. The summed E-state index contributed by atoms with van der Waals surface area (Å²) in [4.78, 5) is 11.5. The van der Waals surface area contributed by atoms with Crippen molar-refractivity contribution in [2.45, 2.75) is 38.1 Å². The average Bonchev–Trinajstić information content (AvgIpc) is 3.12. The molecule has 0 radical (unpaired) electrons. The zero-order chi connectivity index (χ0) is 13.1. The molecule has 0 unspecified atom stereocenters. The minimum absolute atomic E-state index is 0.232. The average molecular weight is 312 g/mol. The molecule has 98 valence electrons. The number of hydrogen-bond acceptors (Lipinski definition) is 3. The van der Waals surface area contributed by atoms with Gasteiger partial charge in [-0.1, -0.05) is 28.1 Å². The fourth-order valence-corrected chi connectivity index (χ4v) is 2.87. The smallest absolute Gasteiger partial charge is 0.307 e. The minimum Gasteiger partial charge on any atom is -0.466 e. The standard InChI is InChI=1S/C14H18BrNO2/c1-2-18-13(17)8-12(16)14-10(9-6-7-9)4-3-5-11(14)15/h3-5,9,12H,2,6-8,16H2,1H3/t12-/m1/s1. The van der Waals surface area contributed by atoms with Crippen molar-refractivity contribution < 1.29 is 9.53 Å². The number of benzene rings is 1. The van der Waals surface area contributed by atoms with Crippen LogP contribution in [-0.2, 0) is 9.53 Å². The Morgan fingerprint density at radius 2 is 2.28 bits per heavy atom. The van der Waals surface area contributed by atoms with Gasteiger partial charge in [-0.25, -0.2) is 0 Å². The van der Waals surface area contributed by atoms with Gasteiger partial charge in [0.1, 0.15) is 0 Å². The summed E-state index contributed by atoms with van der Waals surface area (Å²) in [6, 6.07) is 5.82. The van der Waals surface area contributed by atoms with Crippen LogP contribution in [0.1, 0.15) is 49.3 Å². The van der Waals surface area contributed by atoms with E-state index in [0.29, 0.717) is 12.5 Å². The van der Waals surface area contributed by atoms with Gasteiger partial charge in [-0.05, 0) is 42.9 Å². The Labute approximate surface area is 116 Å². The molecule has 1 aliphatic carbocycles. The molecule has 2 N–H and O–H groups in total. The maximum absolute atomic E-state index is 11.5. The zero-order valence-corrected chi connectivity index (χ0v) is 12.1. The third kappa shape index (κ3) is 3.12. The predicted molar refractivity (Wildman–Crippen MR) is 74.3 cm³/mol. The fourth-order valence-electron chi connectivity index (χ4n) is 2.20. The highest BCUT2D eigenvalue weighted by Crippen LogP contribution is 2.44. The van der Waals surface area contributed by atoms with E-state index < -0.39 is 0 Å². The monoisotopic (exact) mass is 311 g/mol. The van der Waals surface area contributed by atoms with Gasteiger partial charge in [0, 0.05) is 10.5 Å². The van der Waals surface area contributed by atoms with Crippen molar-refractivity contribution in [3.05, 3.63) is 33.8 Å². The van der Waals surface area contributed by atoms with Gasteiger partial charge in [0.15, 0.2) is 0 Å². The van der Waals surface area contributed by atoms with Crippen molar-refractivity contribution in [1.82, 2.24) is 0 Å². The molecule has 18 heavy (non-hydrogen) atoms. The lowest BCUT2D eigenvalue weighted by atomic mass is 9.96. The molecule has 0 aliphatic heterocycles. The first-order valence-electron chi connectivity index (χ1n) is 6.33. The Bertz CT molecular complexity index is 443. The molecule has 0 heterocycles. The first-order valence-corrected chi connectivity index (χ1v) is 7.12. The number of rotatable bonds is 5. The van der Waals surface area contributed by atoms with E-state index in [4.69, 9.17) is 10.5 Å². The van der Waals surface area contributed by atoms with Crippen LogP contribution in [0.5, 0.6) is 0 Å². The summed E-state index contributed by atoms with van der Waals surface area (Å²) in [5.41, 5.74) is 8.50. The van der Waals surface area contributed by atoms with Crippen LogP contribution in [0.3, 0.4) is 0 Å². The van der Waals surface area contributed by atoms with Gasteiger partial charge >= 0.3 is 5.97 Å². The van der Waals surface area contributed by atoms with Crippen LogP contribution < -0.4 is 5.73 Å². The second-order valence-electron chi connectivity index (χ2n) is 4.63. The van der Waals surface area contributed by atoms with Crippen molar-refractivity contribution in [2.75, 3.05) is 6.61 Å². The number of esters is 1. The maximum atomic E-state index is 11.5. The van der Waals surface area contributed by atoms with Gasteiger partial charge in [0.05, 0.1) is 13.0 Å². The number of carbonyl (C=O) groups excluding carboxylic acids is 1. The van der Waals surface area contributed by atoms with Crippen molar-refractivity contribution in [3.63, 3.8) is 0 Å².